The van der Waals surface area contributed by atoms with Gasteiger partial charge < -0.3 is 0 Å². The van der Waals surface area contributed by atoms with Gasteiger partial charge in [-0.3, -0.25) is 0 Å². The van der Waals surface area contributed by atoms with Gasteiger partial charge in [0.05, 0.1) is 5.41 Å². The first-order chi connectivity index (χ1) is 5.96. The molecule has 1 aliphatic carbocycles. The van der Waals surface area contributed by atoms with E-state index in [9.17, 15) is 13.2 Å². The van der Waals surface area contributed by atoms with Crippen molar-refractivity contribution in [3.8, 4) is 0 Å². The van der Waals surface area contributed by atoms with Crippen molar-refractivity contribution in [3.05, 3.63) is 35.6 Å². The Morgan fingerprint density at radius 2 is 1.62 bits per heavy atom. The van der Waals surface area contributed by atoms with E-state index in [1.807, 2.05) is 0 Å². The molecule has 13 heavy (non-hydrogen) atoms. The summed E-state index contributed by atoms with van der Waals surface area (Å²) < 4.78 is 38.2. The number of alkyl halides is 2. The van der Waals surface area contributed by atoms with E-state index in [1.54, 1.807) is 0 Å². The molecule has 0 spiro atoms. The average Bonchev–Trinajstić information content (AvgIpc) is 2.53. The van der Waals surface area contributed by atoms with Crippen molar-refractivity contribution in [2.45, 2.75) is 24.7 Å². The van der Waals surface area contributed by atoms with E-state index in [0.717, 1.165) is 0 Å². The first-order valence-corrected chi connectivity index (χ1v) is 4.10. The average molecular weight is 186 g/mol. The summed E-state index contributed by atoms with van der Waals surface area (Å²) >= 11 is 0. The van der Waals surface area contributed by atoms with Gasteiger partial charge in [-0.2, -0.15) is 0 Å². The van der Waals surface area contributed by atoms with Gasteiger partial charge in [-0.25, -0.2) is 13.2 Å². The summed E-state index contributed by atoms with van der Waals surface area (Å²) in [5, 5.41) is 0. The minimum atomic E-state index is -2.62. The molecule has 0 radical (unpaired) electrons. The molecule has 3 heteroatoms. The fourth-order valence-electron chi connectivity index (χ4n) is 1.53. The van der Waals surface area contributed by atoms with Crippen molar-refractivity contribution < 1.29 is 13.2 Å². The van der Waals surface area contributed by atoms with E-state index in [1.165, 1.54) is 31.2 Å². The molecule has 0 saturated heterocycles. The summed E-state index contributed by atoms with van der Waals surface area (Å²) in [7, 11) is 0. The Morgan fingerprint density at radius 3 is 2.00 bits per heavy atom. The Hall–Kier alpha value is -0.990. The largest absolute Gasteiger partial charge is 0.258 e. The standard InChI is InChI=1S/C10H9F3/c1-9(6-10(9,12)13)7-2-4-8(11)5-3-7/h2-5H,6H2,1H3. The Morgan fingerprint density at radius 1 is 1.15 bits per heavy atom. The maximum atomic E-state index is 12.9. The molecule has 0 heterocycles. The normalized spacial score (nSPS) is 30.2. The number of benzene rings is 1. The van der Waals surface area contributed by atoms with E-state index < -0.39 is 17.2 Å². The summed E-state index contributed by atoms with van der Waals surface area (Å²) in [5.41, 5.74) is -0.556. The predicted octanol–water partition coefficient (Wildman–Crippen LogP) is 3.12. The quantitative estimate of drug-likeness (QED) is 0.632. The van der Waals surface area contributed by atoms with Gasteiger partial charge >= 0.3 is 0 Å². The zero-order valence-corrected chi connectivity index (χ0v) is 7.15. The van der Waals surface area contributed by atoms with Crippen molar-refractivity contribution in [2.24, 2.45) is 0 Å². The summed E-state index contributed by atoms with van der Waals surface area (Å²) in [6, 6.07) is 5.29. The molecule has 0 bridgehead atoms. The maximum absolute atomic E-state index is 12.9. The second-order valence-electron chi connectivity index (χ2n) is 3.72. The van der Waals surface area contributed by atoms with Crippen LogP contribution in [0.1, 0.15) is 18.9 Å². The Bertz CT molecular complexity index is 329. The molecule has 1 fully saturated rings. The summed E-state index contributed by atoms with van der Waals surface area (Å²) in [6.07, 6.45) is -0.133. The molecule has 0 nitrogen and oxygen atoms in total. The van der Waals surface area contributed by atoms with Gasteiger partial charge in [-0.15, -0.1) is 0 Å². The third-order valence-corrected chi connectivity index (χ3v) is 2.74. The molecular formula is C10H9F3. The van der Waals surface area contributed by atoms with Crippen LogP contribution in [0, 0.1) is 5.82 Å². The molecule has 0 aromatic heterocycles. The zero-order valence-electron chi connectivity index (χ0n) is 7.15. The minimum absolute atomic E-state index is 0.133. The van der Waals surface area contributed by atoms with Gasteiger partial charge in [-0.1, -0.05) is 12.1 Å². The first kappa shape index (κ1) is 8.60. The molecule has 0 aliphatic heterocycles. The van der Waals surface area contributed by atoms with Crippen molar-refractivity contribution in [3.63, 3.8) is 0 Å². The van der Waals surface area contributed by atoms with Gasteiger partial charge in [0.2, 0.25) is 0 Å². The van der Waals surface area contributed by atoms with Crippen LogP contribution in [-0.4, -0.2) is 5.92 Å². The monoisotopic (exact) mass is 186 g/mol. The smallest absolute Gasteiger partial charge is 0.207 e. The van der Waals surface area contributed by atoms with Crippen LogP contribution in [0.2, 0.25) is 0 Å². The number of hydrogen-bond acceptors (Lipinski definition) is 0. The fraction of sp³-hybridized carbons (Fsp3) is 0.400. The van der Waals surface area contributed by atoms with Gasteiger partial charge in [0, 0.05) is 6.42 Å². The van der Waals surface area contributed by atoms with E-state index >= 15 is 0 Å². The highest BCUT2D eigenvalue weighted by atomic mass is 19.3. The lowest BCUT2D eigenvalue weighted by Gasteiger charge is -2.09. The molecule has 1 aromatic carbocycles. The third-order valence-electron chi connectivity index (χ3n) is 2.74. The van der Waals surface area contributed by atoms with Crippen LogP contribution in [-0.2, 0) is 5.41 Å². The highest BCUT2D eigenvalue weighted by Gasteiger charge is 2.68. The Labute approximate surface area is 74.4 Å². The topological polar surface area (TPSA) is 0 Å². The van der Waals surface area contributed by atoms with Crippen LogP contribution in [0.4, 0.5) is 13.2 Å². The predicted molar refractivity (Wildman–Crippen MR) is 43.3 cm³/mol. The van der Waals surface area contributed by atoms with Crippen molar-refractivity contribution in [1.29, 1.82) is 0 Å². The molecule has 0 N–H and O–H groups in total. The molecule has 0 amide bonds. The van der Waals surface area contributed by atoms with Crippen LogP contribution in [0.3, 0.4) is 0 Å². The van der Waals surface area contributed by atoms with Crippen LogP contribution in [0.15, 0.2) is 24.3 Å². The van der Waals surface area contributed by atoms with E-state index in [2.05, 4.69) is 0 Å². The molecule has 1 unspecified atom stereocenters. The molecule has 70 valence electrons. The molecule has 1 atom stereocenters. The molecule has 1 aliphatic rings. The summed E-state index contributed by atoms with van der Waals surface area (Å²) in [4.78, 5) is 0. The summed E-state index contributed by atoms with van der Waals surface area (Å²) in [6.45, 7) is 1.50. The SMILES string of the molecule is CC1(c2ccc(F)cc2)CC1(F)F. The Kier molecular flexibility index (Phi) is 1.51. The van der Waals surface area contributed by atoms with E-state index in [4.69, 9.17) is 0 Å². The van der Waals surface area contributed by atoms with Crippen molar-refractivity contribution in [1.82, 2.24) is 0 Å². The lowest BCUT2D eigenvalue weighted by Crippen LogP contribution is -2.11. The van der Waals surface area contributed by atoms with Crippen LogP contribution in [0.5, 0.6) is 0 Å². The fourth-order valence-corrected chi connectivity index (χ4v) is 1.53. The second kappa shape index (κ2) is 2.28. The molecule has 1 saturated carbocycles. The third kappa shape index (κ3) is 1.14. The highest BCUT2D eigenvalue weighted by molar-refractivity contribution is 5.36. The van der Waals surface area contributed by atoms with Crippen LogP contribution >= 0.6 is 0 Å². The maximum Gasteiger partial charge on any atom is 0.258 e. The minimum Gasteiger partial charge on any atom is -0.207 e. The van der Waals surface area contributed by atoms with Gasteiger partial charge in [-0.05, 0) is 24.6 Å². The number of rotatable bonds is 1. The van der Waals surface area contributed by atoms with Crippen LogP contribution < -0.4 is 0 Å². The Balaban J connectivity index is 2.34. The van der Waals surface area contributed by atoms with Gasteiger partial charge in [0.1, 0.15) is 5.82 Å². The van der Waals surface area contributed by atoms with E-state index in [0.29, 0.717) is 5.56 Å². The molecular weight excluding hydrogens is 177 g/mol. The lowest BCUT2D eigenvalue weighted by atomic mass is 9.98. The highest BCUT2D eigenvalue weighted by Crippen LogP contribution is 2.61. The number of hydrogen-bond donors (Lipinski definition) is 0. The lowest BCUT2D eigenvalue weighted by molar-refractivity contribution is 0.0920. The molecule has 2 rings (SSSR count). The van der Waals surface area contributed by atoms with Crippen LogP contribution in [0.25, 0.3) is 0 Å². The van der Waals surface area contributed by atoms with Crippen molar-refractivity contribution in [2.75, 3.05) is 0 Å². The summed E-state index contributed by atoms with van der Waals surface area (Å²) in [5.74, 6) is -3.01. The van der Waals surface area contributed by atoms with Gasteiger partial charge in [0.15, 0.2) is 0 Å². The second-order valence-corrected chi connectivity index (χ2v) is 3.72. The number of halogens is 3. The first-order valence-electron chi connectivity index (χ1n) is 4.10. The van der Waals surface area contributed by atoms with Crippen molar-refractivity contribution >= 4 is 0 Å². The zero-order chi connectivity index (χ0) is 9.69. The van der Waals surface area contributed by atoms with Gasteiger partial charge in [0.25, 0.3) is 5.92 Å². The molecule has 1 aromatic rings. The van der Waals surface area contributed by atoms with E-state index in [-0.39, 0.29) is 6.42 Å².